The molecule has 0 radical (unpaired) electrons. The van der Waals surface area contributed by atoms with Crippen LogP contribution in [-0.4, -0.2) is 61.7 Å². The van der Waals surface area contributed by atoms with Crippen molar-refractivity contribution in [1.82, 2.24) is 9.21 Å². The number of piperazine rings is 1. The predicted octanol–water partition coefficient (Wildman–Crippen LogP) is 2.85. The summed E-state index contributed by atoms with van der Waals surface area (Å²) >= 11 is 0. The van der Waals surface area contributed by atoms with Crippen LogP contribution in [0, 0.1) is 0 Å². The second-order valence-electron chi connectivity index (χ2n) is 9.43. The third-order valence-electron chi connectivity index (χ3n) is 6.04. The zero-order valence-corrected chi connectivity index (χ0v) is 20.1. The van der Waals surface area contributed by atoms with Gasteiger partial charge in [0.15, 0.2) is 6.10 Å². The van der Waals surface area contributed by atoms with Gasteiger partial charge in [-0.15, -0.1) is 0 Å². The van der Waals surface area contributed by atoms with Crippen molar-refractivity contribution >= 4 is 27.5 Å². The van der Waals surface area contributed by atoms with E-state index in [0.29, 0.717) is 30.1 Å². The quantitative estimate of drug-likeness (QED) is 0.743. The van der Waals surface area contributed by atoms with Crippen LogP contribution in [0.1, 0.15) is 43.6 Å². The lowest BCUT2D eigenvalue weighted by Crippen LogP contribution is -2.50. The van der Waals surface area contributed by atoms with E-state index in [9.17, 15) is 18.0 Å². The number of anilines is 1. The maximum Gasteiger partial charge on any atom is 0.265 e. The van der Waals surface area contributed by atoms with Crippen LogP contribution in [0.4, 0.5) is 5.69 Å². The van der Waals surface area contributed by atoms with Crippen molar-refractivity contribution in [1.29, 1.82) is 0 Å². The topological polar surface area (TPSA) is 96.0 Å². The molecule has 0 aromatic heterocycles. The molecule has 1 atom stereocenters. The molecule has 1 saturated heterocycles. The molecule has 176 valence electrons. The Morgan fingerprint density at radius 3 is 2.27 bits per heavy atom. The third kappa shape index (κ3) is 4.60. The Balaban J connectivity index is 1.43. The van der Waals surface area contributed by atoms with Gasteiger partial charge in [0.05, 0.1) is 10.6 Å². The molecule has 0 aliphatic carbocycles. The number of nitrogens with zero attached hydrogens (tertiary/aromatic N) is 2. The fraction of sp³-hybridized carbons (Fsp3) is 0.417. The lowest BCUT2D eigenvalue weighted by Gasteiger charge is -2.34. The first-order valence-electron chi connectivity index (χ1n) is 11.0. The average Bonchev–Trinajstić information content (AvgIpc) is 2.78. The summed E-state index contributed by atoms with van der Waals surface area (Å²) in [4.78, 5) is 26.5. The first-order valence-corrected chi connectivity index (χ1v) is 12.4. The van der Waals surface area contributed by atoms with Gasteiger partial charge < -0.3 is 15.0 Å². The number of ether oxygens (including phenoxy) is 1. The fourth-order valence-corrected chi connectivity index (χ4v) is 5.37. The van der Waals surface area contributed by atoms with Gasteiger partial charge in [-0.25, -0.2) is 8.42 Å². The second kappa shape index (κ2) is 8.46. The zero-order chi connectivity index (χ0) is 24.0. The molecular formula is C24H29N3O5S. The van der Waals surface area contributed by atoms with Crippen LogP contribution in [0.15, 0.2) is 47.4 Å². The number of benzene rings is 2. The summed E-state index contributed by atoms with van der Waals surface area (Å²) in [5.41, 5.74) is 2.09. The number of hydrogen-bond donors (Lipinski definition) is 1. The standard InChI is InChI=1S/C24H29N3O5S/c1-16-22(28)25-20-15-19(9-10-21(20)32-16)33(30,31)27-13-11-26(12-14-27)23(29)17-5-7-18(8-6-17)24(2,3)4/h5-10,15-16H,11-14H2,1-4H3,(H,25,28). The molecule has 8 nitrogen and oxygen atoms in total. The van der Waals surface area contributed by atoms with E-state index < -0.39 is 16.1 Å². The van der Waals surface area contributed by atoms with E-state index in [2.05, 4.69) is 26.1 Å². The Bertz CT molecular complexity index is 1180. The van der Waals surface area contributed by atoms with Crippen molar-refractivity contribution in [3.8, 4) is 5.75 Å². The van der Waals surface area contributed by atoms with Gasteiger partial charge >= 0.3 is 0 Å². The highest BCUT2D eigenvalue weighted by atomic mass is 32.2. The van der Waals surface area contributed by atoms with E-state index in [1.54, 1.807) is 17.9 Å². The van der Waals surface area contributed by atoms with E-state index in [1.165, 1.54) is 16.4 Å². The molecule has 1 unspecified atom stereocenters. The summed E-state index contributed by atoms with van der Waals surface area (Å²) in [6.07, 6.45) is -0.629. The maximum absolute atomic E-state index is 13.2. The van der Waals surface area contributed by atoms with Crippen molar-refractivity contribution in [3.63, 3.8) is 0 Å². The highest BCUT2D eigenvalue weighted by Crippen LogP contribution is 2.33. The Morgan fingerprint density at radius 1 is 1.03 bits per heavy atom. The highest BCUT2D eigenvalue weighted by molar-refractivity contribution is 7.89. The number of fused-ring (bicyclic) bond motifs is 1. The van der Waals surface area contributed by atoms with Gasteiger partial charge in [0, 0.05) is 31.7 Å². The summed E-state index contributed by atoms with van der Waals surface area (Å²) in [5.74, 6) is 0.0175. The lowest BCUT2D eigenvalue weighted by molar-refractivity contribution is -0.122. The van der Waals surface area contributed by atoms with Crippen molar-refractivity contribution in [2.24, 2.45) is 0 Å². The minimum absolute atomic E-state index is 0.00539. The molecule has 33 heavy (non-hydrogen) atoms. The summed E-state index contributed by atoms with van der Waals surface area (Å²) in [7, 11) is -3.77. The van der Waals surface area contributed by atoms with E-state index in [0.717, 1.165) is 5.56 Å². The minimum Gasteiger partial charge on any atom is -0.479 e. The van der Waals surface area contributed by atoms with Crippen molar-refractivity contribution in [2.75, 3.05) is 31.5 Å². The smallest absolute Gasteiger partial charge is 0.265 e. The van der Waals surface area contributed by atoms with Crippen LogP contribution in [-0.2, 0) is 20.2 Å². The Labute approximate surface area is 194 Å². The number of hydrogen-bond acceptors (Lipinski definition) is 5. The molecular weight excluding hydrogens is 442 g/mol. The largest absolute Gasteiger partial charge is 0.479 e. The third-order valence-corrected chi connectivity index (χ3v) is 7.94. The first kappa shape index (κ1) is 23.3. The van der Waals surface area contributed by atoms with Crippen molar-refractivity contribution < 1.29 is 22.7 Å². The summed E-state index contributed by atoms with van der Waals surface area (Å²) in [6, 6.07) is 12.0. The SMILES string of the molecule is CC1Oc2ccc(S(=O)(=O)N3CCN(C(=O)c4ccc(C(C)(C)C)cc4)CC3)cc2NC1=O. The lowest BCUT2D eigenvalue weighted by atomic mass is 9.86. The number of carbonyl (C=O) groups excluding carboxylic acids is 2. The van der Waals surface area contributed by atoms with Gasteiger partial charge in [-0.1, -0.05) is 32.9 Å². The molecule has 2 aromatic rings. The van der Waals surface area contributed by atoms with Gasteiger partial charge in [0.2, 0.25) is 10.0 Å². The Morgan fingerprint density at radius 2 is 1.67 bits per heavy atom. The maximum atomic E-state index is 13.2. The second-order valence-corrected chi connectivity index (χ2v) is 11.4. The number of sulfonamides is 1. The number of carbonyl (C=O) groups is 2. The normalized spacial score (nSPS) is 19.5. The number of amides is 2. The molecule has 2 amide bonds. The highest BCUT2D eigenvalue weighted by Gasteiger charge is 2.32. The summed E-state index contributed by atoms with van der Waals surface area (Å²) in [5, 5.41) is 2.68. The molecule has 0 spiro atoms. The molecule has 4 rings (SSSR count). The van der Waals surface area contributed by atoms with Crippen molar-refractivity contribution in [2.45, 2.75) is 44.1 Å². The van der Waals surface area contributed by atoms with Crippen molar-refractivity contribution in [3.05, 3.63) is 53.6 Å². The Kier molecular flexibility index (Phi) is 5.96. The molecule has 2 aliphatic heterocycles. The van der Waals surface area contributed by atoms with Gasteiger partial charge in [-0.05, 0) is 48.2 Å². The Hall–Kier alpha value is -2.91. The van der Waals surface area contributed by atoms with Crippen LogP contribution in [0.25, 0.3) is 0 Å². The minimum atomic E-state index is -3.77. The predicted molar refractivity (Wildman–Crippen MR) is 125 cm³/mol. The van der Waals surface area contributed by atoms with Crippen LogP contribution >= 0.6 is 0 Å². The van der Waals surface area contributed by atoms with Gasteiger partial charge in [-0.2, -0.15) is 4.31 Å². The number of nitrogens with one attached hydrogen (secondary N) is 1. The molecule has 9 heteroatoms. The van der Waals surface area contributed by atoms with Crippen LogP contribution in [0.2, 0.25) is 0 Å². The molecule has 1 N–H and O–H groups in total. The van der Waals surface area contributed by atoms with E-state index in [1.807, 2.05) is 24.3 Å². The van der Waals surface area contributed by atoms with Gasteiger partial charge in [-0.3, -0.25) is 9.59 Å². The number of rotatable bonds is 3. The van der Waals surface area contributed by atoms with Crippen LogP contribution in [0.5, 0.6) is 5.75 Å². The summed E-state index contributed by atoms with van der Waals surface area (Å²) < 4.78 is 33.2. The van der Waals surface area contributed by atoms with Gasteiger partial charge in [0.25, 0.3) is 11.8 Å². The average molecular weight is 472 g/mol. The molecule has 2 aromatic carbocycles. The van der Waals surface area contributed by atoms with Crippen LogP contribution in [0.3, 0.4) is 0 Å². The molecule has 0 saturated carbocycles. The van der Waals surface area contributed by atoms with Gasteiger partial charge in [0.1, 0.15) is 5.75 Å². The van der Waals surface area contributed by atoms with E-state index in [4.69, 9.17) is 4.74 Å². The monoisotopic (exact) mass is 471 g/mol. The molecule has 0 bridgehead atoms. The van der Waals surface area contributed by atoms with E-state index >= 15 is 0 Å². The fourth-order valence-electron chi connectivity index (χ4n) is 3.92. The molecule has 2 aliphatic rings. The molecule has 2 heterocycles. The zero-order valence-electron chi connectivity index (χ0n) is 19.3. The molecule has 1 fully saturated rings. The van der Waals surface area contributed by atoms with Crippen LogP contribution < -0.4 is 10.1 Å². The first-order chi connectivity index (χ1) is 15.5. The van der Waals surface area contributed by atoms with E-state index in [-0.39, 0.29) is 35.2 Å². The summed E-state index contributed by atoms with van der Waals surface area (Å²) in [6.45, 7) is 9.00.